The summed E-state index contributed by atoms with van der Waals surface area (Å²) in [4.78, 5) is 31.2. The Hall–Kier alpha value is -1.79. The van der Waals surface area contributed by atoms with Crippen molar-refractivity contribution >= 4 is 18.5 Å². The van der Waals surface area contributed by atoms with Gasteiger partial charge in [0.1, 0.15) is 5.60 Å². The van der Waals surface area contributed by atoms with Crippen LogP contribution in [0.5, 0.6) is 0 Å². The summed E-state index contributed by atoms with van der Waals surface area (Å²) < 4.78 is 9.27. The highest BCUT2D eigenvalue weighted by atomic mass is 16.6. The molecule has 0 bridgehead atoms. The van der Waals surface area contributed by atoms with Gasteiger partial charge in [-0.1, -0.05) is 0 Å². The Morgan fingerprint density at radius 3 is 2.24 bits per heavy atom. The molecule has 0 atom stereocenters. The van der Waals surface area contributed by atoms with Crippen LogP contribution in [0.3, 0.4) is 0 Å². The molecule has 21 heavy (non-hydrogen) atoms. The Labute approximate surface area is 125 Å². The van der Waals surface area contributed by atoms with Gasteiger partial charge in [0.25, 0.3) is 6.47 Å². The molecule has 1 aliphatic carbocycles. The summed E-state index contributed by atoms with van der Waals surface area (Å²) in [6.45, 7) is 8.13. The van der Waals surface area contributed by atoms with Crippen LogP contribution in [-0.2, 0) is 19.1 Å². The third-order valence-corrected chi connectivity index (χ3v) is 2.68. The summed E-state index contributed by atoms with van der Waals surface area (Å²) in [6.07, 6.45) is 1.63. The van der Waals surface area contributed by atoms with Gasteiger partial charge in [-0.3, -0.25) is 9.59 Å². The van der Waals surface area contributed by atoms with Crippen LogP contribution in [0.2, 0.25) is 0 Å². The molecule has 0 aromatic heterocycles. The van der Waals surface area contributed by atoms with E-state index >= 15 is 0 Å². The van der Waals surface area contributed by atoms with Crippen molar-refractivity contribution in [2.24, 2.45) is 11.7 Å². The van der Waals surface area contributed by atoms with Crippen molar-refractivity contribution in [1.82, 2.24) is 5.32 Å². The second-order valence-corrected chi connectivity index (χ2v) is 5.90. The summed E-state index contributed by atoms with van der Waals surface area (Å²) in [5, 5.41) is 2.76. The number of amides is 2. The van der Waals surface area contributed by atoms with Crippen molar-refractivity contribution in [3.05, 3.63) is 0 Å². The van der Waals surface area contributed by atoms with Crippen LogP contribution in [0.4, 0.5) is 4.79 Å². The van der Waals surface area contributed by atoms with Crippen LogP contribution in [-0.4, -0.2) is 36.7 Å². The highest BCUT2D eigenvalue weighted by Gasteiger charge is 2.32. The van der Waals surface area contributed by atoms with E-state index in [0.717, 1.165) is 12.8 Å². The van der Waals surface area contributed by atoms with E-state index in [9.17, 15) is 14.4 Å². The molecule has 7 heteroatoms. The van der Waals surface area contributed by atoms with Gasteiger partial charge in [-0.25, -0.2) is 4.79 Å². The Morgan fingerprint density at radius 1 is 1.33 bits per heavy atom. The second-order valence-electron chi connectivity index (χ2n) is 5.90. The zero-order chi connectivity index (χ0) is 16.5. The molecule has 0 aliphatic heterocycles. The summed E-state index contributed by atoms with van der Waals surface area (Å²) in [6, 6.07) is 0.124. The number of hydrogen-bond donors (Lipinski definition) is 2. The van der Waals surface area contributed by atoms with Crippen molar-refractivity contribution in [3.8, 4) is 0 Å². The van der Waals surface area contributed by atoms with Crippen LogP contribution in [0.15, 0.2) is 0 Å². The molecule has 0 aromatic rings. The Balaban J connectivity index is 0.000000690. The molecule has 1 fully saturated rings. The van der Waals surface area contributed by atoms with Gasteiger partial charge < -0.3 is 20.5 Å². The van der Waals surface area contributed by atoms with Crippen molar-refractivity contribution in [1.29, 1.82) is 0 Å². The number of ether oxygens (including phenoxy) is 2. The van der Waals surface area contributed by atoms with E-state index in [2.05, 4.69) is 10.1 Å². The topological polar surface area (TPSA) is 108 Å². The lowest BCUT2D eigenvalue weighted by Crippen LogP contribution is -2.46. The molecule has 1 rings (SSSR count). The average molecular weight is 302 g/mol. The van der Waals surface area contributed by atoms with Crippen molar-refractivity contribution in [3.63, 3.8) is 0 Å². The van der Waals surface area contributed by atoms with E-state index in [1.165, 1.54) is 0 Å². The number of carbonyl (C=O) groups excluding carboxylic acids is 3. The third kappa shape index (κ3) is 10.6. The van der Waals surface area contributed by atoms with Crippen molar-refractivity contribution in [2.45, 2.75) is 58.6 Å². The Kier molecular flexibility index (Phi) is 8.42. The van der Waals surface area contributed by atoms with Crippen LogP contribution in [0, 0.1) is 5.92 Å². The second kappa shape index (κ2) is 9.20. The molecule has 0 spiro atoms. The summed E-state index contributed by atoms with van der Waals surface area (Å²) in [7, 11) is 0. The van der Waals surface area contributed by atoms with Gasteiger partial charge in [0.15, 0.2) is 0 Å². The van der Waals surface area contributed by atoms with E-state index in [4.69, 9.17) is 10.5 Å². The molecule has 3 N–H and O–H groups in total. The molecule has 7 nitrogen and oxygen atoms in total. The zero-order valence-corrected chi connectivity index (χ0v) is 13.2. The average Bonchev–Trinajstić information content (AvgIpc) is 2.24. The maximum Gasteiger partial charge on any atom is 0.407 e. The number of primary amides is 1. The number of alkyl carbamates (subject to hydrolysis) is 1. The van der Waals surface area contributed by atoms with Gasteiger partial charge >= 0.3 is 6.09 Å². The Morgan fingerprint density at radius 2 is 1.90 bits per heavy atom. The number of nitrogens with one attached hydrogen (secondary N) is 1. The van der Waals surface area contributed by atoms with Gasteiger partial charge in [-0.15, -0.1) is 0 Å². The normalized spacial score (nSPS) is 20.2. The van der Waals surface area contributed by atoms with Gasteiger partial charge in [0.2, 0.25) is 5.91 Å². The fourth-order valence-electron chi connectivity index (χ4n) is 1.85. The molecule has 1 saturated carbocycles. The van der Waals surface area contributed by atoms with Gasteiger partial charge in [0, 0.05) is 12.5 Å². The van der Waals surface area contributed by atoms with E-state index in [0.29, 0.717) is 25.4 Å². The molecule has 0 unspecified atom stereocenters. The molecule has 0 heterocycles. The third-order valence-electron chi connectivity index (χ3n) is 2.68. The predicted octanol–water partition coefficient (Wildman–Crippen LogP) is 1.34. The lowest BCUT2D eigenvalue weighted by molar-refractivity contribution is -0.128. The van der Waals surface area contributed by atoms with Crippen molar-refractivity contribution in [2.75, 3.05) is 6.61 Å². The maximum absolute atomic E-state index is 11.4. The summed E-state index contributed by atoms with van der Waals surface area (Å²) in [5.41, 5.74) is 4.61. The quantitative estimate of drug-likeness (QED) is 0.745. The van der Waals surface area contributed by atoms with Crippen LogP contribution >= 0.6 is 0 Å². The monoisotopic (exact) mass is 302 g/mol. The highest BCUT2D eigenvalue weighted by Crippen LogP contribution is 2.30. The van der Waals surface area contributed by atoms with Crippen LogP contribution in [0.1, 0.15) is 47.0 Å². The SMILES string of the molecule is CC(C)(C)OC(=O)NC1CC(CC(N)=O)C1.CCOC=O. The summed E-state index contributed by atoms with van der Waals surface area (Å²) >= 11 is 0. The first kappa shape index (κ1) is 19.2. The first-order valence-electron chi connectivity index (χ1n) is 7.01. The number of hydrogen-bond acceptors (Lipinski definition) is 5. The summed E-state index contributed by atoms with van der Waals surface area (Å²) in [5.74, 6) is 0.0400. The minimum atomic E-state index is -0.472. The molecular weight excluding hydrogens is 276 g/mol. The fraction of sp³-hybridized carbons (Fsp3) is 0.786. The van der Waals surface area contributed by atoms with E-state index < -0.39 is 11.7 Å². The van der Waals surface area contributed by atoms with Crippen LogP contribution < -0.4 is 11.1 Å². The standard InChI is InChI=1S/C11H20N2O3.C3H6O2/c1-11(2,3)16-10(15)13-8-4-7(5-8)6-9(12)14;1-2-5-3-4/h7-8H,4-6H2,1-3H3,(H2,12,14)(H,13,15);3H,2H2,1H3. The maximum atomic E-state index is 11.4. The van der Waals surface area contributed by atoms with Gasteiger partial charge in [0.05, 0.1) is 6.61 Å². The Bertz CT molecular complexity index is 346. The molecule has 2 amide bonds. The number of rotatable bonds is 5. The first-order valence-corrected chi connectivity index (χ1v) is 7.01. The predicted molar refractivity (Wildman–Crippen MR) is 77.4 cm³/mol. The number of nitrogens with two attached hydrogens (primary N) is 1. The van der Waals surface area contributed by atoms with E-state index in [1.807, 2.05) is 20.8 Å². The molecular formula is C14H26N2O5. The minimum Gasteiger partial charge on any atom is -0.468 e. The zero-order valence-electron chi connectivity index (χ0n) is 13.2. The van der Waals surface area contributed by atoms with E-state index in [-0.39, 0.29) is 11.9 Å². The highest BCUT2D eigenvalue weighted by molar-refractivity contribution is 5.74. The molecule has 122 valence electrons. The molecule has 0 saturated heterocycles. The van der Waals surface area contributed by atoms with E-state index in [1.54, 1.807) is 6.92 Å². The lowest BCUT2D eigenvalue weighted by atomic mass is 9.78. The van der Waals surface area contributed by atoms with Gasteiger partial charge in [-0.05, 0) is 46.5 Å². The lowest BCUT2D eigenvalue weighted by Gasteiger charge is -2.35. The molecule has 1 aliphatic rings. The first-order chi connectivity index (χ1) is 9.67. The minimum absolute atomic E-state index is 0.124. The van der Waals surface area contributed by atoms with Crippen molar-refractivity contribution < 1.29 is 23.9 Å². The fourth-order valence-corrected chi connectivity index (χ4v) is 1.85. The number of carbonyl (C=O) groups is 3. The smallest absolute Gasteiger partial charge is 0.407 e. The van der Waals surface area contributed by atoms with Crippen LogP contribution in [0.25, 0.3) is 0 Å². The molecule has 0 aromatic carbocycles. The van der Waals surface area contributed by atoms with Gasteiger partial charge in [-0.2, -0.15) is 0 Å². The largest absolute Gasteiger partial charge is 0.468 e. The molecule has 0 radical (unpaired) electrons.